The SMILES string of the molecule is Brc1ccc2[nH]c3c(c2c1)CCCC3NCC1CCCCC1. The van der Waals surface area contributed by atoms with Gasteiger partial charge in [0.05, 0.1) is 0 Å². The number of rotatable bonds is 3. The number of aryl methyl sites for hydroxylation is 1. The lowest BCUT2D eigenvalue weighted by atomic mass is 9.88. The molecule has 1 aromatic heterocycles. The van der Waals surface area contributed by atoms with E-state index in [0.717, 1.165) is 5.92 Å². The van der Waals surface area contributed by atoms with Crippen LogP contribution in [0.25, 0.3) is 10.9 Å². The van der Waals surface area contributed by atoms with E-state index in [1.165, 1.54) is 79.0 Å². The molecule has 1 heterocycles. The van der Waals surface area contributed by atoms with Gasteiger partial charge < -0.3 is 10.3 Å². The molecule has 0 amide bonds. The number of aromatic nitrogens is 1. The summed E-state index contributed by atoms with van der Waals surface area (Å²) in [4.78, 5) is 3.70. The molecule has 1 fully saturated rings. The predicted octanol–water partition coefficient (Wildman–Crippen LogP) is 5.48. The van der Waals surface area contributed by atoms with Gasteiger partial charge in [-0.1, -0.05) is 35.2 Å². The van der Waals surface area contributed by atoms with Crippen molar-refractivity contribution < 1.29 is 0 Å². The molecular formula is C19H25BrN2. The second-order valence-corrected chi connectivity index (χ2v) is 7.98. The third kappa shape index (κ3) is 2.85. The number of hydrogen-bond donors (Lipinski definition) is 2. The highest BCUT2D eigenvalue weighted by molar-refractivity contribution is 9.10. The van der Waals surface area contributed by atoms with Crippen molar-refractivity contribution in [1.82, 2.24) is 10.3 Å². The molecule has 1 unspecified atom stereocenters. The fraction of sp³-hybridized carbons (Fsp3) is 0.579. The Balaban J connectivity index is 1.55. The van der Waals surface area contributed by atoms with E-state index >= 15 is 0 Å². The maximum Gasteiger partial charge on any atom is 0.0476 e. The van der Waals surface area contributed by atoms with Gasteiger partial charge in [0.1, 0.15) is 0 Å². The van der Waals surface area contributed by atoms with Crippen LogP contribution in [0.3, 0.4) is 0 Å². The van der Waals surface area contributed by atoms with Crippen LogP contribution in [0.1, 0.15) is 62.2 Å². The average Bonchev–Trinajstić information content (AvgIpc) is 2.92. The van der Waals surface area contributed by atoms with Crippen molar-refractivity contribution in [3.05, 3.63) is 33.9 Å². The number of hydrogen-bond acceptors (Lipinski definition) is 1. The Kier molecular flexibility index (Phi) is 4.27. The summed E-state index contributed by atoms with van der Waals surface area (Å²) in [5, 5.41) is 5.29. The van der Waals surface area contributed by atoms with Gasteiger partial charge in [-0.05, 0) is 68.3 Å². The second kappa shape index (κ2) is 6.37. The van der Waals surface area contributed by atoms with Crippen molar-refractivity contribution >= 4 is 26.8 Å². The summed E-state index contributed by atoms with van der Waals surface area (Å²) in [7, 11) is 0. The zero-order chi connectivity index (χ0) is 14.9. The topological polar surface area (TPSA) is 27.8 Å². The Hall–Kier alpha value is -0.800. The van der Waals surface area contributed by atoms with Crippen LogP contribution in [0.15, 0.2) is 22.7 Å². The van der Waals surface area contributed by atoms with E-state index in [-0.39, 0.29) is 0 Å². The molecule has 2 aliphatic carbocycles. The van der Waals surface area contributed by atoms with Crippen molar-refractivity contribution in [2.24, 2.45) is 5.92 Å². The molecule has 118 valence electrons. The Morgan fingerprint density at radius 3 is 2.82 bits per heavy atom. The third-order valence-corrected chi connectivity index (χ3v) is 6.04. The number of halogens is 1. The average molecular weight is 361 g/mol. The highest BCUT2D eigenvalue weighted by Crippen LogP contribution is 2.36. The summed E-state index contributed by atoms with van der Waals surface area (Å²) in [5.41, 5.74) is 4.29. The predicted molar refractivity (Wildman–Crippen MR) is 96.3 cm³/mol. The Morgan fingerprint density at radius 1 is 1.09 bits per heavy atom. The van der Waals surface area contributed by atoms with Gasteiger partial charge in [-0.25, -0.2) is 0 Å². The molecule has 0 bridgehead atoms. The molecular weight excluding hydrogens is 336 g/mol. The molecule has 0 saturated heterocycles. The standard InChI is InChI=1S/C19H25BrN2/c20-14-9-10-17-16(11-14)15-7-4-8-18(19(15)22-17)21-12-13-5-2-1-3-6-13/h9-11,13,18,21-22H,1-8,12H2. The van der Waals surface area contributed by atoms with Gasteiger partial charge in [0.15, 0.2) is 0 Å². The maximum absolute atomic E-state index is 3.88. The van der Waals surface area contributed by atoms with Gasteiger partial charge in [0.25, 0.3) is 0 Å². The Morgan fingerprint density at radius 2 is 1.95 bits per heavy atom. The summed E-state index contributed by atoms with van der Waals surface area (Å²) in [6.45, 7) is 1.20. The highest BCUT2D eigenvalue weighted by Gasteiger charge is 2.25. The highest BCUT2D eigenvalue weighted by atomic mass is 79.9. The minimum absolute atomic E-state index is 0.525. The van der Waals surface area contributed by atoms with Crippen LogP contribution in [0.4, 0.5) is 0 Å². The number of aromatic amines is 1. The van der Waals surface area contributed by atoms with Crippen molar-refractivity contribution in [3.8, 4) is 0 Å². The first-order valence-electron chi connectivity index (χ1n) is 8.84. The summed E-state index contributed by atoms with van der Waals surface area (Å²) < 4.78 is 1.18. The number of benzene rings is 1. The molecule has 2 aliphatic rings. The minimum Gasteiger partial charge on any atom is -0.357 e. The van der Waals surface area contributed by atoms with Crippen molar-refractivity contribution in [1.29, 1.82) is 0 Å². The smallest absolute Gasteiger partial charge is 0.0476 e. The van der Waals surface area contributed by atoms with E-state index in [9.17, 15) is 0 Å². The van der Waals surface area contributed by atoms with Crippen LogP contribution in [0.2, 0.25) is 0 Å². The third-order valence-electron chi connectivity index (χ3n) is 5.55. The minimum atomic E-state index is 0.525. The lowest BCUT2D eigenvalue weighted by Crippen LogP contribution is -2.30. The van der Waals surface area contributed by atoms with E-state index in [2.05, 4.69) is 44.4 Å². The lowest BCUT2D eigenvalue weighted by molar-refractivity contribution is 0.318. The fourth-order valence-electron chi connectivity index (χ4n) is 4.34. The van der Waals surface area contributed by atoms with Crippen LogP contribution in [-0.2, 0) is 6.42 Å². The van der Waals surface area contributed by atoms with E-state index in [4.69, 9.17) is 0 Å². The molecule has 0 radical (unpaired) electrons. The quantitative estimate of drug-likeness (QED) is 0.745. The van der Waals surface area contributed by atoms with Crippen molar-refractivity contribution in [2.75, 3.05) is 6.54 Å². The Bertz CT molecular complexity index is 655. The van der Waals surface area contributed by atoms with Gasteiger partial charge in [-0.15, -0.1) is 0 Å². The van der Waals surface area contributed by atoms with Crippen LogP contribution < -0.4 is 5.32 Å². The number of H-pyrrole nitrogens is 1. The van der Waals surface area contributed by atoms with E-state index < -0.39 is 0 Å². The van der Waals surface area contributed by atoms with Crippen LogP contribution >= 0.6 is 15.9 Å². The normalized spacial score (nSPS) is 22.9. The van der Waals surface area contributed by atoms with Gasteiger partial charge in [0.2, 0.25) is 0 Å². The first-order chi connectivity index (χ1) is 10.8. The molecule has 4 rings (SSSR count). The zero-order valence-electron chi connectivity index (χ0n) is 13.1. The molecule has 2 N–H and O–H groups in total. The molecule has 0 spiro atoms. The van der Waals surface area contributed by atoms with Gasteiger partial charge in [0, 0.05) is 27.1 Å². The van der Waals surface area contributed by atoms with Crippen LogP contribution in [0, 0.1) is 5.92 Å². The summed E-state index contributed by atoms with van der Waals surface area (Å²) >= 11 is 3.61. The van der Waals surface area contributed by atoms with Crippen molar-refractivity contribution in [2.45, 2.75) is 57.4 Å². The lowest BCUT2D eigenvalue weighted by Gasteiger charge is -2.28. The summed E-state index contributed by atoms with van der Waals surface area (Å²) in [6, 6.07) is 7.13. The van der Waals surface area contributed by atoms with Crippen molar-refractivity contribution in [3.63, 3.8) is 0 Å². The molecule has 3 heteroatoms. The summed E-state index contributed by atoms with van der Waals surface area (Å²) in [6.07, 6.45) is 10.9. The van der Waals surface area contributed by atoms with Gasteiger partial charge >= 0.3 is 0 Å². The van der Waals surface area contributed by atoms with Crippen LogP contribution in [0.5, 0.6) is 0 Å². The van der Waals surface area contributed by atoms with Gasteiger partial charge in [-0.3, -0.25) is 0 Å². The molecule has 2 aromatic rings. The molecule has 22 heavy (non-hydrogen) atoms. The fourth-order valence-corrected chi connectivity index (χ4v) is 4.70. The molecule has 1 saturated carbocycles. The first kappa shape index (κ1) is 14.8. The maximum atomic E-state index is 3.88. The van der Waals surface area contributed by atoms with E-state index in [1.54, 1.807) is 5.56 Å². The van der Waals surface area contributed by atoms with E-state index in [1.807, 2.05) is 0 Å². The summed E-state index contributed by atoms with van der Waals surface area (Å²) in [5.74, 6) is 0.901. The molecule has 2 nitrogen and oxygen atoms in total. The monoisotopic (exact) mass is 360 g/mol. The molecule has 0 aliphatic heterocycles. The largest absolute Gasteiger partial charge is 0.357 e. The Labute approximate surface area is 141 Å². The van der Waals surface area contributed by atoms with Crippen LogP contribution in [-0.4, -0.2) is 11.5 Å². The molecule has 1 atom stereocenters. The van der Waals surface area contributed by atoms with Gasteiger partial charge in [-0.2, -0.15) is 0 Å². The second-order valence-electron chi connectivity index (χ2n) is 7.06. The van der Waals surface area contributed by atoms with E-state index in [0.29, 0.717) is 6.04 Å². The zero-order valence-corrected chi connectivity index (χ0v) is 14.7. The number of nitrogens with one attached hydrogen (secondary N) is 2. The molecule has 1 aromatic carbocycles. The first-order valence-corrected chi connectivity index (χ1v) is 9.64. The number of fused-ring (bicyclic) bond motifs is 3.